The van der Waals surface area contributed by atoms with Gasteiger partial charge in [-0.25, -0.2) is 0 Å². The monoisotopic (exact) mass is 342 g/mol. The van der Waals surface area contributed by atoms with Gasteiger partial charge in [-0.1, -0.05) is 73.4 Å². The molecule has 0 amide bonds. The van der Waals surface area contributed by atoms with Crippen LogP contribution < -0.4 is 5.73 Å². The first-order chi connectivity index (χ1) is 11.0. The summed E-state index contributed by atoms with van der Waals surface area (Å²) >= 11 is 6.26. The Balaban J connectivity index is -0.000000496. The van der Waals surface area contributed by atoms with Crippen molar-refractivity contribution in [2.24, 2.45) is 0 Å². The molecular weight excluding hydrogens is 304 g/mol. The van der Waals surface area contributed by atoms with Crippen LogP contribution >= 0.6 is 11.6 Å². The summed E-state index contributed by atoms with van der Waals surface area (Å²) in [5, 5.41) is 8.13. The molecule has 0 aliphatic carbocycles. The standard InChI is InChI=1S/C13H19ClN2.C3H8.2C2H6/c1-4-9(5-2)13-8(3)10(7-15)12(16)6-11(13)14;1-3-2;2*1-2/h6-7,9,15H,4-5,16H2,1-3H3;3H2,1-2H3;2*1-2H3. The van der Waals surface area contributed by atoms with E-state index in [1.165, 1.54) is 12.6 Å². The van der Waals surface area contributed by atoms with Crippen LogP contribution in [0.15, 0.2) is 6.07 Å². The van der Waals surface area contributed by atoms with Gasteiger partial charge in [0.25, 0.3) is 0 Å². The Bertz CT molecular complexity index is 411. The maximum atomic E-state index is 7.40. The zero-order valence-corrected chi connectivity index (χ0v) is 17.6. The molecule has 0 atom stereocenters. The molecule has 0 aliphatic heterocycles. The van der Waals surface area contributed by atoms with Gasteiger partial charge in [-0.15, -0.1) is 0 Å². The Morgan fingerprint density at radius 1 is 1.09 bits per heavy atom. The molecule has 0 spiro atoms. The minimum atomic E-state index is 0.451. The molecule has 0 heterocycles. The molecule has 0 saturated carbocycles. The molecule has 2 nitrogen and oxygen atoms in total. The number of rotatable bonds is 4. The van der Waals surface area contributed by atoms with Gasteiger partial charge in [0.1, 0.15) is 0 Å². The van der Waals surface area contributed by atoms with Crippen LogP contribution in [0.3, 0.4) is 0 Å². The van der Waals surface area contributed by atoms with Crippen LogP contribution in [0.25, 0.3) is 0 Å². The number of halogens is 1. The fraction of sp³-hybridized carbons (Fsp3) is 0.650. The second-order valence-corrected chi connectivity index (χ2v) is 5.17. The van der Waals surface area contributed by atoms with Gasteiger partial charge in [0.05, 0.1) is 0 Å². The lowest BCUT2D eigenvalue weighted by Gasteiger charge is -2.20. The van der Waals surface area contributed by atoms with E-state index in [1.54, 1.807) is 6.07 Å². The number of benzene rings is 1. The maximum Gasteiger partial charge on any atom is 0.0464 e. The molecule has 0 bridgehead atoms. The van der Waals surface area contributed by atoms with E-state index in [2.05, 4.69) is 27.7 Å². The van der Waals surface area contributed by atoms with E-state index >= 15 is 0 Å². The SMILES string of the molecule is CC.CC.CCC.CCC(CC)c1c(Cl)cc(N)c(C=N)c1C. The molecule has 1 aromatic rings. The van der Waals surface area contributed by atoms with Crippen LogP contribution in [0.1, 0.15) is 97.3 Å². The molecule has 0 aliphatic rings. The predicted octanol–water partition coefficient (Wildman–Crippen LogP) is 7.60. The largest absolute Gasteiger partial charge is 0.398 e. The lowest BCUT2D eigenvalue weighted by molar-refractivity contribution is 0.638. The third kappa shape index (κ3) is 9.00. The van der Waals surface area contributed by atoms with Crippen molar-refractivity contribution >= 4 is 23.5 Å². The van der Waals surface area contributed by atoms with Gasteiger partial charge >= 0.3 is 0 Å². The maximum absolute atomic E-state index is 7.40. The van der Waals surface area contributed by atoms with Crippen molar-refractivity contribution in [2.75, 3.05) is 5.73 Å². The minimum Gasteiger partial charge on any atom is -0.398 e. The molecule has 0 saturated heterocycles. The Hall–Kier alpha value is -1.02. The molecule has 3 N–H and O–H groups in total. The van der Waals surface area contributed by atoms with Crippen LogP contribution in [0.2, 0.25) is 5.02 Å². The van der Waals surface area contributed by atoms with E-state index in [0.717, 1.165) is 34.6 Å². The Kier molecular flexibility index (Phi) is 20.2. The average molecular weight is 343 g/mol. The summed E-state index contributed by atoms with van der Waals surface area (Å²) in [4.78, 5) is 0. The summed E-state index contributed by atoms with van der Waals surface area (Å²) in [6.45, 7) is 18.6. The topological polar surface area (TPSA) is 49.9 Å². The second kappa shape index (κ2) is 17.3. The van der Waals surface area contributed by atoms with Crippen LogP contribution in [-0.2, 0) is 0 Å². The lowest BCUT2D eigenvalue weighted by atomic mass is 9.88. The Morgan fingerprint density at radius 2 is 1.48 bits per heavy atom. The predicted molar refractivity (Wildman–Crippen MR) is 110 cm³/mol. The second-order valence-electron chi connectivity index (χ2n) is 4.76. The molecule has 0 unspecified atom stereocenters. The third-order valence-corrected chi connectivity index (χ3v) is 3.51. The van der Waals surface area contributed by atoms with E-state index in [0.29, 0.717) is 11.6 Å². The normalized spacial score (nSPS) is 8.83. The van der Waals surface area contributed by atoms with Crippen molar-refractivity contribution in [3.8, 4) is 0 Å². The fourth-order valence-electron chi connectivity index (χ4n) is 2.22. The van der Waals surface area contributed by atoms with E-state index in [1.807, 2.05) is 34.6 Å². The van der Waals surface area contributed by atoms with Crippen LogP contribution in [-0.4, -0.2) is 6.21 Å². The summed E-state index contributed by atoms with van der Waals surface area (Å²) in [6, 6.07) is 1.77. The van der Waals surface area contributed by atoms with Gasteiger partial charge in [-0.3, -0.25) is 0 Å². The number of nitrogens with two attached hydrogens (primary N) is 1. The Labute approximate surface area is 150 Å². The number of nitrogens with one attached hydrogen (secondary N) is 1. The quantitative estimate of drug-likeness (QED) is 0.429. The molecule has 136 valence electrons. The van der Waals surface area contributed by atoms with Crippen molar-refractivity contribution in [3.05, 3.63) is 27.8 Å². The van der Waals surface area contributed by atoms with Crippen LogP contribution in [0.5, 0.6) is 0 Å². The van der Waals surface area contributed by atoms with Crippen molar-refractivity contribution < 1.29 is 0 Å². The van der Waals surface area contributed by atoms with Gasteiger partial charge in [0, 0.05) is 22.5 Å². The molecule has 23 heavy (non-hydrogen) atoms. The number of hydrogen-bond donors (Lipinski definition) is 2. The summed E-state index contributed by atoms with van der Waals surface area (Å²) in [7, 11) is 0. The molecule has 1 rings (SSSR count). The molecule has 1 aromatic carbocycles. The Morgan fingerprint density at radius 3 is 1.78 bits per heavy atom. The van der Waals surface area contributed by atoms with Crippen molar-refractivity contribution in [1.29, 1.82) is 5.41 Å². The highest BCUT2D eigenvalue weighted by Gasteiger charge is 2.17. The average Bonchev–Trinajstić information content (AvgIpc) is 2.56. The third-order valence-electron chi connectivity index (χ3n) is 3.20. The smallest absolute Gasteiger partial charge is 0.0464 e. The van der Waals surface area contributed by atoms with E-state index in [-0.39, 0.29) is 0 Å². The van der Waals surface area contributed by atoms with Gasteiger partial charge in [-0.2, -0.15) is 0 Å². The minimum absolute atomic E-state index is 0.451. The number of nitrogen functional groups attached to an aromatic ring is 1. The van der Waals surface area contributed by atoms with Gasteiger partial charge in [-0.05, 0) is 42.9 Å². The highest BCUT2D eigenvalue weighted by molar-refractivity contribution is 6.32. The molecule has 3 heteroatoms. The highest BCUT2D eigenvalue weighted by Crippen LogP contribution is 2.35. The lowest BCUT2D eigenvalue weighted by Crippen LogP contribution is -2.05. The zero-order chi connectivity index (χ0) is 19.0. The van der Waals surface area contributed by atoms with E-state index in [4.69, 9.17) is 22.7 Å². The summed E-state index contributed by atoms with van der Waals surface area (Å²) < 4.78 is 0. The van der Waals surface area contributed by atoms with Crippen molar-refractivity contribution in [3.63, 3.8) is 0 Å². The number of anilines is 1. The van der Waals surface area contributed by atoms with Crippen LogP contribution in [0.4, 0.5) is 5.69 Å². The number of hydrogen-bond acceptors (Lipinski definition) is 2. The van der Waals surface area contributed by atoms with E-state index in [9.17, 15) is 0 Å². The van der Waals surface area contributed by atoms with Crippen LogP contribution in [0, 0.1) is 12.3 Å². The summed E-state index contributed by atoms with van der Waals surface area (Å²) in [6.07, 6.45) is 4.67. The molecule has 0 aromatic heterocycles. The molecular formula is C20H39ClN2. The fourth-order valence-corrected chi connectivity index (χ4v) is 2.64. The molecule has 0 radical (unpaired) electrons. The van der Waals surface area contributed by atoms with E-state index < -0.39 is 0 Å². The first-order valence-corrected chi connectivity index (χ1v) is 9.44. The molecule has 0 fully saturated rings. The highest BCUT2D eigenvalue weighted by atomic mass is 35.5. The first kappa shape index (κ1) is 26.9. The van der Waals surface area contributed by atoms with Crippen molar-refractivity contribution in [1.82, 2.24) is 0 Å². The first-order valence-electron chi connectivity index (χ1n) is 9.07. The van der Waals surface area contributed by atoms with Gasteiger partial charge in [0.2, 0.25) is 0 Å². The summed E-state index contributed by atoms with van der Waals surface area (Å²) in [5.41, 5.74) is 9.44. The zero-order valence-electron chi connectivity index (χ0n) is 16.8. The van der Waals surface area contributed by atoms with Gasteiger partial charge < -0.3 is 11.1 Å². The van der Waals surface area contributed by atoms with Crippen molar-refractivity contribution in [2.45, 2.75) is 87.5 Å². The summed E-state index contributed by atoms with van der Waals surface area (Å²) in [5.74, 6) is 0.451. The van der Waals surface area contributed by atoms with Gasteiger partial charge in [0.15, 0.2) is 0 Å².